The lowest BCUT2D eigenvalue weighted by Gasteiger charge is -2.24. The second-order valence-corrected chi connectivity index (χ2v) is 9.21. The van der Waals surface area contributed by atoms with E-state index in [0.717, 1.165) is 5.56 Å². The molecule has 2 aliphatic rings. The lowest BCUT2D eigenvalue weighted by Crippen LogP contribution is -2.36. The lowest BCUT2D eigenvalue weighted by atomic mass is 10.1. The quantitative estimate of drug-likeness (QED) is 0.770. The van der Waals surface area contributed by atoms with Crippen LogP contribution in [0.2, 0.25) is 0 Å². The number of fused-ring (bicyclic) bond motifs is 1. The van der Waals surface area contributed by atoms with Crippen molar-refractivity contribution in [3.8, 4) is 11.5 Å². The molecule has 1 atom stereocenters. The highest BCUT2D eigenvalue weighted by Gasteiger charge is 2.32. The van der Waals surface area contributed by atoms with Gasteiger partial charge < -0.3 is 19.1 Å². The Morgan fingerprint density at radius 1 is 1.14 bits per heavy atom. The normalized spacial score (nSPS) is 19.3. The molecule has 0 aliphatic carbocycles. The summed E-state index contributed by atoms with van der Waals surface area (Å²) in [6.07, 6.45) is -0.0218. The molecule has 9 nitrogen and oxygen atoms in total. The Kier molecular flexibility index (Phi) is 5.52. The summed E-state index contributed by atoms with van der Waals surface area (Å²) in [7, 11) is -3.66. The summed E-state index contributed by atoms with van der Waals surface area (Å²) in [6, 6.07) is 5.41. The molecule has 10 heteroatoms. The van der Waals surface area contributed by atoms with E-state index in [4.69, 9.17) is 14.0 Å². The topological polar surface area (TPSA) is 105 Å². The van der Waals surface area contributed by atoms with E-state index in [9.17, 15) is 13.5 Å². The molecular weight excluding hydrogens is 398 g/mol. The molecule has 0 amide bonds. The maximum atomic E-state index is 13.0. The van der Waals surface area contributed by atoms with Crippen LogP contribution in [-0.2, 0) is 10.0 Å². The van der Waals surface area contributed by atoms with E-state index in [-0.39, 0.29) is 11.7 Å². The molecular formula is C19H25N3O6S. The third kappa shape index (κ3) is 3.97. The Balaban J connectivity index is 1.41. The van der Waals surface area contributed by atoms with Crippen molar-refractivity contribution >= 4 is 10.0 Å². The van der Waals surface area contributed by atoms with Gasteiger partial charge in [-0.15, -0.1) is 0 Å². The van der Waals surface area contributed by atoms with Crippen LogP contribution >= 0.6 is 0 Å². The van der Waals surface area contributed by atoms with Gasteiger partial charge in [0.15, 0.2) is 17.3 Å². The number of sulfonamides is 1. The van der Waals surface area contributed by atoms with Crippen LogP contribution in [0.1, 0.15) is 29.5 Å². The molecule has 1 unspecified atom stereocenters. The van der Waals surface area contributed by atoms with Gasteiger partial charge in [-0.25, -0.2) is 8.42 Å². The molecule has 0 bridgehead atoms. The van der Waals surface area contributed by atoms with E-state index < -0.39 is 16.1 Å². The standard InChI is InChI=1S/C19H25N3O6S/c1-13-19(14(2)28-20-13)29(24,25)22-7-3-6-21(8-9-22)11-16(23)15-4-5-17-18(10-15)27-12-26-17/h4-5,10,16,23H,3,6-9,11-12H2,1-2H3. The zero-order valence-electron chi connectivity index (χ0n) is 16.5. The van der Waals surface area contributed by atoms with E-state index in [1.165, 1.54) is 4.31 Å². The molecule has 158 valence electrons. The maximum absolute atomic E-state index is 13.0. The molecule has 1 aromatic heterocycles. The number of ether oxygens (including phenoxy) is 2. The van der Waals surface area contributed by atoms with Crippen molar-refractivity contribution in [3.63, 3.8) is 0 Å². The van der Waals surface area contributed by atoms with Crippen LogP contribution in [0.5, 0.6) is 11.5 Å². The number of nitrogens with zero attached hydrogens (tertiary/aromatic N) is 3. The lowest BCUT2D eigenvalue weighted by molar-refractivity contribution is 0.116. The molecule has 2 aliphatic heterocycles. The van der Waals surface area contributed by atoms with Crippen molar-refractivity contribution in [3.05, 3.63) is 35.2 Å². The minimum absolute atomic E-state index is 0.159. The Bertz CT molecular complexity index is 970. The van der Waals surface area contributed by atoms with Crippen LogP contribution in [0, 0.1) is 13.8 Å². The number of β-amino-alcohol motifs (C(OH)–C–C–N with tert-alkyl or cyclic N) is 1. The zero-order chi connectivity index (χ0) is 20.6. The van der Waals surface area contributed by atoms with Gasteiger partial charge >= 0.3 is 0 Å². The molecule has 1 fully saturated rings. The van der Waals surface area contributed by atoms with Gasteiger partial charge in [-0.1, -0.05) is 11.2 Å². The zero-order valence-corrected chi connectivity index (χ0v) is 17.3. The van der Waals surface area contributed by atoms with E-state index in [2.05, 4.69) is 10.1 Å². The molecule has 0 radical (unpaired) electrons. The van der Waals surface area contributed by atoms with Crippen molar-refractivity contribution in [1.29, 1.82) is 0 Å². The molecule has 1 saturated heterocycles. The smallest absolute Gasteiger partial charge is 0.248 e. The van der Waals surface area contributed by atoms with Gasteiger partial charge in [0.2, 0.25) is 16.8 Å². The van der Waals surface area contributed by atoms with Gasteiger partial charge in [0, 0.05) is 26.2 Å². The number of aliphatic hydroxyl groups is 1. The molecule has 1 N–H and O–H groups in total. The van der Waals surface area contributed by atoms with Crippen LogP contribution < -0.4 is 9.47 Å². The molecule has 0 spiro atoms. The van der Waals surface area contributed by atoms with Crippen molar-refractivity contribution in [2.75, 3.05) is 39.5 Å². The summed E-state index contributed by atoms with van der Waals surface area (Å²) < 4.78 is 43.3. The summed E-state index contributed by atoms with van der Waals surface area (Å²) in [5.74, 6) is 1.62. The van der Waals surface area contributed by atoms with Gasteiger partial charge in [-0.2, -0.15) is 4.31 Å². The number of rotatable bonds is 5. The number of hydrogen-bond acceptors (Lipinski definition) is 8. The van der Waals surface area contributed by atoms with Gasteiger partial charge in [0.1, 0.15) is 10.6 Å². The largest absolute Gasteiger partial charge is 0.454 e. The van der Waals surface area contributed by atoms with Gasteiger partial charge in [0.05, 0.1) is 6.10 Å². The van der Waals surface area contributed by atoms with Crippen LogP contribution in [0.4, 0.5) is 0 Å². The average molecular weight is 423 g/mol. The van der Waals surface area contributed by atoms with Crippen molar-refractivity contribution in [1.82, 2.24) is 14.4 Å². The highest BCUT2D eigenvalue weighted by atomic mass is 32.2. The van der Waals surface area contributed by atoms with E-state index in [0.29, 0.717) is 62.1 Å². The predicted molar refractivity (Wildman–Crippen MR) is 103 cm³/mol. The molecule has 1 aromatic carbocycles. The highest BCUT2D eigenvalue weighted by Crippen LogP contribution is 2.34. The first-order valence-corrected chi connectivity index (χ1v) is 11.0. The SMILES string of the molecule is Cc1noc(C)c1S(=O)(=O)N1CCCN(CC(O)c2ccc3c(c2)OCO3)CC1. The minimum Gasteiger partial charge on any atom is -0.454 e. The fourth-order valence-corrected chi connectivity index (χ4v) is 5.57. The van der Waals surface area contributed by atoms with E-state index in [1.54, 1.807) is 26.0 Å². The summed E-state index contributed by atoms with van der Waals surface area (Å²) >= 11 is 0. The highest BCUT2D eigenvalue weighted by molar-refractivity contribution is 7.89. The van der Waals surface area contributed by atoms with Crippen LogP contribution in [0.15, 0.2) is 27.6 Å². The fraction of sp³-hybridized carbons (Fsp3) is 0.526. The first-order chi connectivity index (χ1) is 13.9. The van der Waals surface area contributed by atoms with E-state index >= 15 is 0 Å². The third-order valence-corrected chi connectivity index (χ3v) is 7.47. The van der Waals surface area contributed by atoms with Crippen molar-refractivity contribution in [2.45, 2.75) is 31.3 Å². The maximum Gasteiger partial charge on any atom is 0.248 e. The second kappa shape index (κ2) is 7.94. The van der Waals surface area contributed by atoms with Crippen LogP contribution in [0.25, 0.3) is 0 Å². The first kappa shape index (κ1) is 20.1. The summed E-state index contributed by atoms with van der Waals surface area (Å²) in [5.41, 5.74) is 1.13. The summed E-state index contributed by atoms with van der Waals surface area (Å²) in [5, 5.41) is 14.4. The minimum atomic E-state index is -3.66. The number of aromatic nitrogens is 1. The Hall–Kier alpha value is -2.14. The number of hydrogen-bond donors (Lipinski definition) is 1. The summed E-state index contributed by atoms with van der Waals surface area (Å²) in [6.45, 7) is 5.85. The fourth-order valence-electron chi connectivity index (χ4n) is 3.81. The second-order valence-electron chi connectivity index (χ2n) is 7.34. The van der Waals surface area contributed by atoms with Gasteiger partial charge in [0.25, 0.3) is 0 Å². The Morgan fingerprint density at radius 2 is 1.93 bits per heavy atom. The van der Waals surface area contributed by atoms with Crippen LogP contribution in [0.3, 0.4) is 0 Å². The van der Waals surface area contributed by atoms with Crippen molar-refractivity contribution < 1.29 is 27.5 Å². The molecule has 3 heterocycles. The monoisotopic (exact) mass is 423 g/mol. The van der Waals surface area contributed by atoms with Gasteiger partial charge in [-0.05, 0) is 44.5 Å². The van der Waals surface area contributed by atoms with Gasteiger partial charge in [-0.3, -0.25) is 4.90 Å². The third-order valence-electron chi connectivity index (χ3n) is 5.33. The molecule has 4 rings (SSSR count). The van der Waals surface area contributed by atoms with E-state index in [1.807, 2.05) is 6.07 Å². The van der Waals surface area contributed by atoms with Crippen LogP contribution in [-0.4, -0.2) is 67.4 Å². The molecule has 29 heavy (non-hydrogen) atoms. The number of aryl methyl sites for hydroxylation is 2. The first-order valence-electron chi connectivity index (χ1n) is 9.59. The summed E-state index contributed by atoms with van der Waals surface area (Å²) in [4.78, 5) is 2.24. The number of benzene rings is 1. The molecule has 2 aromatic rings. The Labute approximate surface area is 169 Å². The average Bonchev–Trinajstić information content (AvgIpc) is 3.21. The molecule has 0 saturated carbocycles. The number of aliphatic hydroxyl groups excluding tert-OH is 1. The van der Waals surface area contributed by atoms with Crippen molar-refractivity contribution in [2.24, 2.45) is 0 Å². The Morgan fingerprint density at radius 3 is 2.69 bits per heavy atom. The predicted octanol–water partition coefficient (Wildman–Crippen LogP) is 1.45.